The van der Waals surface area contributed by atoms with E-state index in [4.69, 9.17) is 4.74 Å². The van der Waals surface area contributed by atoms with E-state index in [2.05, 4.69) is 15.2 Å². The van der Waals surface area contributed by atoms with Crippen molar-refractivity contribution in [2.45, 2.75) is 45.1 Å². The van der Waals surface area contributed by atoms with Crippen molar-refractivity contribution in [1.82, 2.24) is 24.5 Å². The van der Waals surface area contributed by atoms with Crippen molar-refractivity contribution in [3.05, 3.63) is 30.4 Å². The molecule has 0 atom stereocenters. The number of aryl methyl sites for hydroxylation is 1. The first-order chi connectivity index (χ1) is 11.8. The molecule has 4 rings (SSSR count). The number of rotatable bonds is 2. The molecule has 7 heteroatoms. The van der Waals surface area contributed by atoms with Gasteiger partial charge in [0.1, 0.15) is 5.60 Å². The summed E-state index contributed by atoms with van der Waals surface area (Å²) in [6.07, 6.45) is 7.03. The van der Waals surface area contributed by atoms with Crippen molar-refractivity contribution in [2.75, 3.05) is 0 Å². The lowest BCUT2D eigenvalue weighted by molar-refractivity contribution is 0.0514. The van der Waals surface area contributed by atoms with Crippen LogP contribution >= 0.6 is 0 Å². The van der Waals surface area contributed by atoms with Crippen LogP contribution in [0.2, 0.25) is 0 Å². The van der Waals surface area contributed by atoms with Crippen LogP contribution in [0.15, 0.2) is 24.7 Å². The maximum Gasteiger partial charge on any atom is 0.435 e. The molecule has 0 bridgehead atoms. The number of hydrogen-bond donors (Lipinski definition) is 0. The third-order valence-electron chi connectivity index (χ3n) is 4.19. The second kappa shape index (κ2) is 5.40. The van der Waals surface area contributed by atoms with Gasteiger partial charge in [-0.3, -0.25) is 9.67 Å². The summed E-state index contributed by atoms with van der Waals surface area (Å²) in [5.41, 5.74) is 3.04. The molecule has 0 unspecified atom stereocenters. The minimum atomic E-state index is -0.561. The molecular weight excluding hydrogens is 318 g/mol. The minimum Gasteiger partial charge on any atom is -0.442 e. The molecule has 0 radical (unpaired) electrons. The van der Waals surface area contributed by atoms with Gasteiger partial charge in [0, 0.05) is 36.3 Å². The highest BCUT2D eigenvalue weighted by molar-refractivity contribution is 5.83. The van der Waals surface area contributed by atoms with Gasteiger partial charge in [-0.2, -0.15) is 14.9 Å². The standard InChI is InChI=1S/C18H21N5O2/c1-18(2,3)25-17(24)23-10-13(16(21-23)11-5-6-11)14-7-15-12(8-19-14)9-20-22(15)4/h7-11H,5-6H2,1-4H3. The summed E-state index contributed by atoms with van der Waals surface area (Å²) in [5, 5.41) is 9.74. The minimum absolute atomic E-state index is 0.391. The first-order valence-corrected chi connectivity index (χ1v) is 8.43. The second-order valence-corrected chi connectivity index (χ2v) is 7.52. The lowest BCUT2D eigenvalue weighted by atomic mass is 10.1. The van der Waals surface area contributed by atoms with Crippen molar-refractivity contribution >= 4 is 17.0 Å². The molecule has 0 amide bonds. The normalized spacial score (nSPS) is 14.9. The average molecular weight is 339 g/mol. The Labute approximate surface area is 145 Å². The van der Waals surface area contributed by atoms with Gasteiger partial charge in [-0.25, -0.2) is 4.79 Å². The smallest absolute Gasteiger partial charge is 0.435 e. The highest BCUT2D eigenvalue weighted by Crippen LogP contribution is 2.43. The molecule has 1 saturated carbocycles. The van der Waals surface area contributed by atoms with E-state index in [9.17, 15) is 4.79 Å². The van der Waals surface area contributed by atoms with Crippen LogP contribution in [0.1, 0.15) is 45.2 Å². The predicted molar refractivity (Wildman–Crippen MR) is 93.3 cm³/mol. The number of aromatic nitrogens is 5. The molecule has 1 aliphatic carbocycles. The van der Waals surface area contributed by atoms with E-state index in [0.717, 1.165) is 40.7 Å². The zero-order valence-corrected chi connectivity index (χ0v) is 14.9. The number of carbonyl (C=O) groups excluding carboxylic acids is 1. The van der Waals surface area contributed by atoms with Gasteiger partial charge >= 0.3 is 6.09 Å². The van der Waals surface area contributed by atoms with E-state index in [-0.39, 0.29) is 0 Å². The molecule has 3 aromatic rings. The molecule has 0 aromatic carbocycles. The maximum atomic E-state index is 12.4. The maximum absolute atomic E-state index is 12.4. The van der Waals surface area contributed by atoms with Crippen LogP contribution in [-0.4, -0.2) is 36.2 Å². The molecule has 1 fully saturated rings. The summed E-state index contributed by atoms with van der Waals surface area (Å²) < 4.78 is 8.54. The molecule has 130 valence electrons. The molecule has 1 aliphatic rings. The van der Waals surface area contributed by atoms with Crippen molar-refractivity contribution in [1.29, 1.82) is 0 Å². The van der Waals surface area contributed by atoms with Gasteiger partial charge in [-0.05, 0) is 39.7 Å². The molecule has 25 heavy (non-hydrogen) atoms. The van der Waals surface area contributed by atoms with Crippen LogP contribution in [0, 0.1) is 0 Å². The van der Waals surface area contributed by atoms with Crippen LogP contribution in [0.25, 0.3) is 22.2 Å². The van der Waals surface area contributed by atoms with E-state index in [1.54, 1.807) is 18.6 Å². The largest absolute Gasteiger partial charge is 0.442 e. The molecule has 3 aromatic heterocycles. The first kappa shape index (κ1) is 15.8. The fourth-order valence-corrected chi connectivity index (χ4v) is 2.84. The average Bonchev–Trinajstić information content (AvgIpc) is 3.18. The van der Waals surface area contributed by atoms with Crippen molar-refractivity contribution < 1.29 is 9.53 Å². The van der Waals surface area contributed by atoms with E-state index in [1.165, 1.54) is 4.68 Å². The van der Waals surface area contributed by atoms with Gasteiger partial charge in [0.15, 0.2) is 0 Å². The molecular formula is C18H21N5O2. The monoisotopic (exact) mass is 339 g/mol. The summed E-state index contributed by atoms with van der Waals surface area (Å²) in [4.78, 5) is 16.9. The fourth-order valence-electron chi connectivity index (χ4n) is 2.84. The second-order valence-electron chi connectivity index (χ2n) is 7.52. The molecule has 0 spiro atoms. The van der Waals surface area contributed by atoms with Gasteiger partial charge < -0.3 is 4.74 Å². The Morgan fingerprint density at radius 2 is 2.04 bits per heavy atom. The van der Waals surface area contributed by atoms with Gasteiger partial charge in [-0.15, -0.1) is 0 Å². The number of nitrogens with zero attached hydrogens (tertiary/aromatic N) is 5. The SMILES string of the molecule is Cn1ncc2cnc(-c3cn(C(=O)OC(C)(C)C)nc3C3CC3)cc21. The van der Waals surface area contributed by atoms with Crippen LogP contribution < -0.4 is 0 Å². The van der Waals surface area contributed by atoms with Crippen LogP contribution in [0.4, 0.5) is 4.79 Å². The Bertz CT molecular complexity index is 960. The highest BCUT2D eigenvalue weighted by atomic mass is 16.6. The van der Waals surface area contributed by atoms with Crippen molar-refractivity contribution in [2.24, 2.45) is 7.05 Å². The van der Waals surface area contributed by atoms with Crippen LogP contribution in [-0.2, 0) is 11.8 Å². The summed E-state index contributed by atoms with van der Waals surface area (Å²) in [7, 11) is 1.90. The highest BCUT2D eigenvalue weighted by Gasteiger charge is 2.32. The zero-order valence-electron chi connectivity index (χ0n) is 14.9. The van der Waals surface area contributed by atoms with Crippen LogP contribution in [0.3, 0.4) is 0 Å². The van der Waals surface area contributed by atoms with E-state index >= 15 is 0 Å². The quantitative estimate of drug-likeness (QED) is 0.714. The Morgan fingerprint density at radius 3 is 2.72 bits per heavy atom. The predicted octanol–water partition coefficient (Wildman–Crippen LogP) is 3.49. The van der Waals surface area contributed by atoms with E-state index < -0.39 is 11.7 Å². The summed E-state index contributed by atoms with van der Waals surface area (Å²) >= 11 is 0. The Balaban J connectivity index is 1.77. The zero-order chi connectivity index (χ0) is 17.8. The van der Waals surface area contributed by atoms with Crippen LogP contribution in [0.5, 0.6) is 0 Å². The van der Waals surface area contributed by atoms with Gasteiger partial charge in [-0.1, -0.05) is 0 Å². The Morgan fingerprint density at radius 1 is 1.28 bits per heavy atom. The first-order valence-electron chi connectivity index (χ1n) is 8.43. The van der Waals surface area contributed by atoms with E-state index in [0.29, 0.717) is 5.92 Å². The van der Waals surface area contributed by atoms with Crippen molar-refractivity contribution in [3.63, 3.8) is 0 Å². The third kappa shape index (κ3) is 3.01. The summed E-state index contributed by atoms with van der Waals surface area (Å²) in [5.74, 6) is 0.391. The number of fused-ring (bicyclic) bond motifs is 1. The fraction of sp³-hybridized carbons (Fsp3) is 0.444. The van der Waals surface area contributed by atoms with Gasteiger partial charge in [0.2, 0.25) is 0 Å². The lowest BCUT2D eigenvalue weighted by Crippen LogP contribution is -2.27. The molecule has 3 heterocycles. The molecule has 7 nitrogen and oxygen atoms in total. The molecule has 0 aliphatic heterocycles. The van der Waals surface area contributed by atoms with Crippen molar-refractivity contribution in [3.8, 4) is 11.3 Å². The number of carbonyl (C=O) groups is 1. The van der Waals surface area contributed by atoms with Gasteiger partial charge in [0.25, 0.3) is 0 Å². The molecule has 0 saturated heterocycles. The number of ether oxygens (including phenoxy) is 1. The Hall–Kier alpha value is -2.70. The topological polar surface area (TPSA) is 74.8 Å². The Kier molecular flexibility index (Phi) is 3.42. The van der Waals surface area contributed by atoms with E-state index in [1.807, 2.05) is 38.6 Å². The summed E-state index contributed by atoms with van der Waals surface area (Å²) in [6, 6.07) is 1.99. The third-order valence-corrected chi connectivity index (χ3v) is 4.19. The van der Waals surface area contributed by atoms with Gasteiger partial charge in [0.05, 0.1) is 23.1 Å². The molecule has 0 N–H and O–H groups in total. The summed E-state index contributed by atoms with van der Waals surface area (Å²) in [6.45, 7) is 5.53. The number of hydrogen-bond acceptors (Lipinski definition) is 5. The lowest BCUT2D eigenvalue weighted by Gasteiger charge is -2.18. The number of pyridine rings is 1.